The van der Waals surface area contributed by atoms with Gasteiger partial charge in [0.25, 0.3) is 0 Å². The van der Waals surface area contributed by atoms with E-state index in [4.69, 9.17) is 0 Å². The van der Waals surface area contributed by atoms with E-state index in [0.29, 0.717) is 0 Å². The SMILES string of the molecule is CN=C(NCc1ccc(CN2CCCN(C)CC2)cc1)NCC(C)(C)N1CCCCC1.I. The molecule has 0 aliphatic carbocycles. The molecule has 0 saturated carbocycles. The highest BCUT2D eigenvalue weighted by Crippen LogP contribution is 2.19. The van der Waals surface area contributed by atoms with Crippen molar-refractivity contribution >= 4 is 29.9 Å². The van der Waals surface area contributed by atoms with Gasteiger partial charge in [-0.3, -0.25) is 14.8 Å². The molecule has 0 spiro atoms. The second-order valence-electron chi connectivity index (χ2n) is 9.89. The molecular weight excluding hydrogens is 511 g/mol. The Labute approximate surface area is 213 Å². The van der Waals surface area contributed by atoms with E-state index >= 15 is 0 Å². The summed E-state index contributed by atoms with van der Waals surface area (Å²) in [6.45, 7) is 14.6. The molecule has 1 aromatic rings. The lowest BCUT2D eigenvalue weighted by Gasteiger charge is -2.41. The molecular formula is C25H45IN6. The molecule has 2 fully saturated rings. The lowest BCUT2D eigenvalue weighted by Crippen LogP contribution is -2.54. The summed E-state index contributed by atoms with van der Waals surface area (Å²) < 4.78 is 0. The number of likely N-dealkylation sites (tertiary alicyclic amines) is 1. The van der Waals surface area contributed by atoms with Gasteiger partial charge in [-0.05, 0) is 77.5 Å². The fourth-order valence-electron chi connectivity index (χ4n) is 4.60. The summed E-state index contributed by atoms with van der Waals surface area (Å²) in [6, 6.07) is 9.05. The first-order chi connectivity index (χ1) is 15.0. The fraction of sp³-hybridized carbons (Fsp3) is 0.720. The number of nitrogens with zero attached hydrogens (tertiary/aromatic N) is 4. The molecule has 0 bridgehead atoms. The Kier molecular flexibility index (Phi) is 11.7. The Morgan fingerprint density at radius 3 is 2.25 bits per heavy atom. The van der Waals surface area contributed by atoms with Crippen molar-refractivity contribution in [3.8, 4) is 0 Å². The molecule has 7 heteroatoms. The van der Waals surface area contributed by atoms with Crippen molar-refractivity contribution in [1.29, 1.82) is 0 Å². The molecule has 0 unspecified atom stereocenters. The zero-order valence-corrected chi connectivity index (χ0v) is 23.0. The first-order valence-electron chi connectivity index (χ1n) is 12.1. The van der Waals surface area contributed by atoms with Crippen LogP contribution in [0.1, 0.15) is 50.7 Å². The number of likely N-dealkylation sites (N-methyl/N-ethyl adjacent to an activating group) is 1. The molecule has 2 saturated heterocycles. The predicted molar refractivity (Wildman–Crippen MR) is 147 cm³/mol. The van der Waals surface area contributed by atoms with E-state index in [-0.39, 0.29) is 29.5 Å². The summed E-state index contributed by atoms with van der Waals surface area (Å²) in [7, 11) is 4.08. The minimum absolute atomic E-state index is 0. The lowest BCUT2D eigenvalue weighted by atomic mass is 9.98. The number of rotatable bonds is 7. The first-order valence-corrected chi connectivity index (χ1v) is 12.1. The summed E-state index contributed by atoms with van der Waals surface area (Å²) in [6.07, 6.45) is 5.28. The number of halogens is 1. The van der Waals surface area contributed by atoms with Crippen molar-refractivity contribution in [2.24, 2.45) is 4.99 Å². The van der Waals surface area contributed by atoms with Crippen LogP contribution in [0.25, 0.3) is 0 Å². The molecule has 3 rings (SSSR count). The van der Waals surface area contributed by atoms with E-state index < -0.39 is 0 Å². The van der Waals surface area contributed by atoms with Crippen LogP contribution in [0.4, 0.5) is 0 Å². The van der Waals surface area contributed by atoms with Crippen molar-refractivity contribution in [2.75, 3.05) is 59.9 Å². The van der Waals surface area contributed by atoms with Gasteiger partial charge in [-0.2, -0.15) is 0 Å². The van der Waals surface area contributed by atoms with Crippen molar-refractivity contribution in [2.45, 2.75) is 58.2 Å². The zero-order valence-electron chi connectivity index (χ0n) is 20.7. The molecule has 2 heterocycles. The van der Waals surface area contributed by atoms with Gasteiger partial charge in [0.15, 0.2) is 5.96 Å². The van der Waals surface area contributed by atoms with Gasteiger partial charge >= 0.3 is 0 Å². The van der Waals surface area contributed by atoms with Crippen molar-refractivity contribution in [3.63, 3.8) is 0 Å². The van der Waals surface area contributed by atoms with Gasteiger partial charge in [0.1, 0.15) is 0 Å². The van der Waals surface area contributed by atoms with Gasteiger partial charge < -0.3 is 15.5 Å². The molecule has 2 aliphatic heterocycles. The maximum absolute atomic E-state index is 4.43. The second kappa shape index (κ2) is 13.7. The smallest absolute Gasteiger partial charge is 0.191 e. The Morgan fingerprint density at radius 2 is 1.56 bits per heavy atom. The van der Waals surface area contributed by atoms with Crippen molar-refractivity contribution < 1.29 is 0 Å². The monoisotopic (exact) mass is 556 g/mol. The van der Waals surface area contributed by atoms with E-state index in [2.05, 4.69) is 75.5 Å². The molecule has 0 amide bonds. The number of piperidine rings is 1. The molecule has 2 N–H and O–H groups in total. The van der Waals surface area contributed by atoms with Crippen LogP contribution >= 0.6 is 24.0 Å². The Morgan fingerprint density at radius 1 is 0.875 bits per heavy atom. The average molecular weight is 557 g/mol. The van der Waals surface area contributed by atoms with E-state index in [1.165, 1.54) is 69.5 Å². The molecule has 182 valence electrons. The van der Waals surface area contributed by atoms with Gasteiger partial charge in [-0.15, -0.1) is 24.0 Å². The van der Waals surface area contributed by atoms with E-state index in [1.54, 1.807) is 0 Å². The Balaban J connectivity index is 0.00000363. The maximum atomic E-state index is 4.43. The van der Waals surface area contributed by atoms with Gasteiger partial charge in [-0.25, -0.2) is 0 Å². The quantitative estimate of drug-likeness (QED) is 0.307. The molecule has 32 heavy (non-hydrogen) atoms. The van der Waals surface area contributed by atoms with E-state index in [0.717, 1.165) is 32.1 Å². The minimum atomic E-state index is 0. The topological polar surface area (TPSA) is 46.1 Å². The molecule has 0 atom stereocenters. The van der Waals surface area contributed by atoms with Crippen LogP contribution in [-0.4, -0.2) is 86.1 Å². The minimum Gasteiger partial charge on any atom is -0.355 e. The number of nitrogens with one attached hydrogen (secondary N) is 2. The molecule has 0 radical (unpaired) electrons. The predicted octanol–water partition coefficient (Wildman–Crippen LogP) is 3.37. The van der Waals surface area contributed by atoms with Gasteiger partial charge in [0.05, 0.1) is 0 Å². The normalized spacial score (nSPS) is 19.8. The van der Waals surface area contributed by atoms with Crippen LogP contribution in [0.2, 0.25) is 0 Å². The van der Waals surface area contributed by atoms with Crippen LogP contribution in [0.3, 0.4) is 0 Å². The third kappa shape index (κ3) is 8.80. The van der Waals surface area contributed by atoms with Crippen LogP contribution < -0.4 is 10.6 Å². The van der Waals surface area contributed by atoms with Crippen molar-refractivity contribution in [3.05, 3.63) is 35.4 Å². The zero-order chi connectivity index (χ0) is 22.1. The van der Waals surface area contributed by atoms with Crippen LogP contribution in [0.5, 0.6) is 0 Å². The number of benzene rings is 1. The highest BCUT2D eigenvalue weighted by Gasteiger charge is 2.27. The Bertz CT molecular complexity index is 684. The van der Waals surface area contributed by atoms with Gasteiger partial charge in [-0.1, -0.05) is 30.7 Å². The number of hydrogen-bond donors (Lipinski definition) is 2. The standard InChI is InChI=1S/C25H44N6.HI/c1-25(2,31-15-6-5-7-16-31)21-28-24(26-3)27-19-22-9-11-23(12-10-22)20-30-14-8-13-29(4)17-18-30;/h9-12H,5-8,13-21H2,1-4H3,(H2,26,27,28);1H. The molecule has 0 aromatic heterocycles. The van der Waals surface area contributed by atoms with Gasteiger partial charge in [0, 0.05) is 45.3 Å². The molecule has 1 aromatic carbocycles. The van der Waals surface area contributed by atoms with E-state index in [9.17, 15) is 0 Å². The van der Waals surface area contributed by atoms with Gasteiger partial charge in [0.2, 0.25) is 0 Å². The first kappa shape index (κ1) is 27.3. The summed E-state index contributed by atoms with van der Waals surface area (Å²) in [5.41, 5.74) is 2.83. The third-order valence-corrected chi connectivity index (χ3v) is 6.83. The lowest BCUT2D eigenvalue weighted by molar-refractivity contribution is 0.0982. The number of guanidine groups is 1. The fourth-order valence-corrected chi connectivity index (χ4v) is 4.60. The third-order valence-electron chi connectivity index (χ3n) is 6.83. The molecule has 6 nitrogen and oxygen atoms in total. The second-order valence-corrected chi connectivity index (χ2v) is 9.89. The Hall–Kier alpha value is -0.900. The highest BCUT2D eigenvalue weighted by atomic mass is 127. The van der Waals surface area contributed by atoms with Crippen molar-refractivity contribution in [1.82, 2.24) is 25.3 Å². The average Bonchev–Trinajstić information content (AvgIpc) is 2.99. The largest absolute Gasteiger partial charge is 0.355 e. The number of hydrogen-bond acceptors (Lipinski definition) is 4. The molecule has 2 aliphatic rings. The summed E-state index contributed by atoms with van der Waals surface area (Å²) in [4.78, 5) is 12.0. The van der Waals surface area contributed by atoms with Crippen LogP contribution in [-0.2, 0) is 13.1 Å². The summed E-state index contributed by atoms with van der Waals surface area (Å²) in [5.74, 6) is 0.878. The summed E-state index contributed by atoms with van der Waals surface area (Å²) in [5, 5.41) is 7.02. The maximum Gasteiger partial charge on any atom is 0.191 e. The highest BCUT2D eigenvalue weighted by molar-refractivity contribution is 14.0. The van der Waals surface area contributed by atoms with E-state index in [1.807, 2.05) is 7.05 Å². The van der Waals surface area contributed by atoms with Crippen LogP contribution in [0.15, 0.2) is 29.3 Å². The number of aliphatic imine (C=N–C) groups is 1. The summed E-state index contributed by atoms with van der Waals surface area (Å²) >= 11 is 0. The van der Waals surface area contributed by atoms with Crippen LogP contribution in [0, 0.1) is 0 Å².